The first kappa shape index (κ1) is 15.8. The number of carbonyl (C=O) groups is 1. The van der Waals surface area contributed by atoms with Gasteiger partial charge in [-0.05, 0) is 38.5 Å². The van der Waals surface area contributed by atoms with Gasteiger partial charge in [0.15, 0.2) is 0 Å². The van der Waals surface area contributed by atoms with Gasteiger partial charge in [-0.2, -0.15) is 0 Å². The Morgan fingerprint density at radius 1 is 1.44 bits per heavy atom. The number of likely N-dealkylation sites (tertiary alicyclic amines) is 1. The van der Waals surface area contributed by atoms with Crippen LogP contribution in [0.2, 0.25) is 0 Å². The summed E-state index contributed by atoms with van der Waals surface area (Å²) in [5.74, 6) is 0.926. The third kappa shape index (κ3) is 2.83. The van der Waals surface area contributed by atoms with Gasteiger partial charge in [-0.15, -0.1) is 12.4 Å². The van der Waals surface area contributed by atoms with Crippen molar-refractivity contribution in [2.24, 2.45) is 17.1 Å². The molecule has 0 radical (unpaired) electrons. The molecular weight excluding hydrogens is 248 g/mol. The summed E-state index contributed by atoms with van der Waals surface area (Å²) in [6.07, 6.45) is 6.74. The van der Waals surface area contributed by atoms with Gasteiger partial charge in [0, 0.05) is 24.5 Å². The van der Waals surface area contributed by atoms with E-state index in [1.54, 1.807) is 0 Å². The molecule has 1 saturated carbocycles. The molecule has 2 rings (SSSR count). The molecule has 1 heterocycles. The van der Waals surface area contributed by atoms with Crippen molar-refractivity contribution in [1.29, 1.82) is 0 Å². The molecule has 106 valence electrons. The molecule has 1 amide bonds. The normalized spacial score (nSPS) is 27.9. The van der Waals surface area contributed by atoms with Gasteiger partial charge in [0.05, 0.1) is 0 Å². The molecule has 0 aromatic rings. The first-order chi connectivity index (χ1) is 8.09. The summed E-state index contributed by atoms with van der Waals surface area (Å²) in [5.41, 5.74) is 5.92. The molecule has 0 spiro atoms. The van der Waals surface area contributed by atoms with Crippen molar-refractivity contribution >= 4 is 18.3 Å². The third-order valence-electron chi connectivity index (χ3n) is 4.95. The second-order valence-corrected chi connectivity index (χ2v) is 6.00. The van der Waals surface area contributed by atoms with E-state index in [9.17, 15) is 4.79 Å². The van der Waals surface area contributed by atoms with E-state index in [2.05, 4.69) is 18.7 Å². The molecular formula is C14H27ClN2O. The highest BCUT2D eigenvalue weighted by atomic mass is 35.5. The fraction of sp³-hybridized carbons (Fsp3) is 0.929. The molecule has 2 fully saturated rings. The summed E-state index contributed by atoms with van der Waals surface area (Å²) < 4.78 is 0. The van der Waals surface area contributed by atoms with Crippen LogP contribution in [0.3, 0.4) is 0 Å². The quantitative estimate of drug-likeness (QED) is 0.860. The number of nitrogens with zero attached hydrogens (tertiary/aromatic N) is 1. The minimum Gasteiger partial charge on any atom is -0.342 e. The van der Waals surface area contributed by atoms with Crippen LogP contribution in [0, 0.1) is 11.3 Å². The van der Waals surface area contributed by atoms with Crippen LogP contribution < -0.4 is 5.73 Å². The van der Waals surface area contributed by atoms with E-state index in [0.717, 1.165) is 38.8 Å². The van der Waals surface area contributed by atoms with Crippen LogP contribution >= 0.6 is 12.4 Å². The van der Waals surface area contributed by atoms with Gasteiger partial charge in [-0.25, -0.2) is 0 Å². The largest absolute Gasteiger partial charge is 0.342 e. The van der Waals surface area contributed by atoms with Crippen LogP contribution in [0.4, 0.5) is 0 Å². The van der Waals surface area contributed by atoms with Crippen LogP contribution in [-0.2, 0) is 4.79 Å². The molecule has 2 unspecified atom stereocenters. The highest BCUT2D eigenvalue weighted by Gasteiger charge is 2.43. The zero-order chi connectivity index (χ0) is 12.5. The van der Waals surface area contributed by atoms with E-state index in [1.807, 2.05) is 0 Å². The first-order valence-corrected chi connectivity index (χ1v) is 7.14. The number of rotatable bonds is 3. The van der Waals surface area contributed by atoms with E-state index in [1.165, 1.54) is 12.8 Å². The molecule has 18 heavy (non-hydrogen) atoms. The second-order valence-electron chi connectivity index (χ2n) is 6.00. The fourth-order valence-corrected chi connectivity index (χ4v) is 3.51. The molecule has 0 bridgehead atoms. The maximum Gasteiger partial charge on any atom is 0.228 e. The predicted molar refractivity (Wildman–Crippen MR) is 76.8 cm³/mol. The monoisotopic (exact) mass is 274 g/mol. The topological polar surface area (TPSA) is 46.3 Å². The van der Waals surface area contributed by atoms with Gasteiger partial charge in [0.1, 0.15) is 0 Å². The van der Waals surface area contributed by atoms with Crippen LogP contribution in [0.1, 0.15) is 52.4 Å². The van der Waals surface area contributed by atoms with E-state index in [4.69, 9.17) is 5.73 Å². The fourth-order valence-electron chi connectivity index (χ4n) is 3.51. The molecule has 3 nitrogen and oxygen atoms in total. The Morgan fingerprint density at radius 2 is 2.06 bits per heavy atom. The minimum absolute atomic E-state index is 0. The zero-order valence-corrected chi connectivity index (χ0v) is 12.5. The van der Waals surface area contributed by atoms with Crippen LogP contribution in [-0.4, -0.2) is 29.9 Å². The molecule has 0 aromatic carbocycles. The Bertz CT molecular complexity index is 288. The molecule has 2 aliphatic rings. The average molecular weight is 275 g/mol. The number of nitrogens with two attached hydrogens (primary N) is 1. The van der Waals surface area contributed by atoms with Gasteiger partial charge >= 0.3 is 0 Å². The van der Waals surface area contributed by atoms with Crippen molar-refractivity contribution in [2.45, 2.75) is 58.4 Å². The number of hydrogen-bond acceptors (Lipinski definition) is 2. The van der Waals surface area contributed by atoms with E-state index in [-0.39, 0.29) is 23.9 Å². The van der Waals surface area contributed by atoms with E-state index < -0.39 is 0 Å². The van der Waals surface area contributed by atoms with Gasteiger partial charge in [0.25, 0.3) is 0 Å². The zero-order valence-electron chi connectivity index (χ0n) is 11.7. The maximum atomic E-state index is 12.7. The van der Waals surface area contributed by atoms with Gasteiger partial charge in [-0.3, -0.25) is 4.79 Å². The Kier molecular flexibility index (Phi) is 5.47. The summed E-state index contributed by atoms with van der Waals surface area (Å²) in [5, 5.41) is 0. The summed E-state index contributed by atoms with van der Waals surface area (Å²) >= 11 is 0. The van der Waals surface area contributed by atoms with Crippen molar-refractivity contribution in [3.63, 3.8) is 0 Å². The standard InChI is InChI=1S/C14H26N2O.ClH/c1-3-14(7-4-5-8-14)13(17)16-9-6-12(10-16)11(2)15;/h11-12H,3-10,15H2,1-2H3;1H. The lowest BCUT2D eigenvalue weighted by molar-refractivity contribution is -0.141. The number of halogens is 1. The van der Waals surface area contributed by atoms with Gasteiger partial charge in [0.2, 0.25) is 5.91 Å². The second kappa shape index (κ2) is 6.25. The van der Waals surface area contributed by atoms with Crippen LogP contribution in [0.25, 0.3) is 0 Å². The molecule has 0 aromatic heterocycles. The number of amides is 1. The van der Waals surface area contributed by atoms with Crippen LogP contribution in [0.5, 0.6) is 0 Å². The maximum absolute atomic E-state index is 12.7. The molecule has 1 aliphatic heterocycles. The van der Waals surface area contributed by atoms with Crippen molar-refractivity contribution in [3.05, 3.63) is 0 Å². The van der Waals surface area contributed by atoms with Crippen molar-refractivity contribution < 1.29 is 4.79 Å². The molecule has 1 saturated heterocycles. The van der Waals surface area contributed by atoms with E-state index in [0.29, 0.717) is 11.8 Å². The lowest BCUT2D eigenvalue weighted by atomic mass is 9.82. The molecule has 2 atom stereocenters. The lowest BCUT2D eigenvalue weighted by Crippen LogP contribution is -2.42. The highest BCUT2D eigenvalue weighted by Crippen LogP contribution is 2.43. The number of hydrogen-bond donors (Lipinski definition) is 1. The number of carbonyl (C=O) groups excluding carboxylic acids is 1. The third-order valence-corrected chi connectivity index (χ3v) is 4.95. The van der Waals surface area contributed by atoms with E-state index >= 15 is 0 Å². The summed E-state index contributed by atoms with van der Waals surface area (Å²) in [7, 11) is 0. The van der Waals surface area contributed by atoms with Crippen molar-refractivity contribution in [3.8, 4) is 0 Å². The summed E-state index contributed by atoms with van der Waals surface area (Å²) in [6, 6.07) is 0.217. The average Bonchev–Trinajstić information content (AvgIpc) is 2.98. The van der Waals surface area contributed by atoms with Gasteiger partial charge < -0.3 is 10.6 Å². The Labute approximate surface area is 117 Å². The lowest BCUT2D eigenvalue weighted by Gasteiger charge is -2.31. The first-order valence-electron chi connectivity index (χ1n) is 7.14. The molecule has 2 N–H and O–H groups in total. The Balaban J connectivity index is 0.00000162. The minimum atomic E-state index is -0.0211. The smallest absolute Gasteiger partial charge is 0.228 e. The molecule has 1 aliphatic carbocycles. The Hall–Kier alpha value is -0.280. The summed E-state index contributed by atoms with van der Waals surface area (Å²) in [6.45, 7) is 6.04. The predicted octanol–water partition coefficient (Wildman–Crippen LogP) is 2.57. The molecule has 4 heteroatoms. The van der Waals surface area contributed by atoms with Gasteiger partial charge in [-0.1, -0.05) is 19.8 Å². The Morgan fingerprint density at radius 3 is 2.50 bits per heavy atom. The highest BCUT2D eigenvalue weighted by molar-refractivity contribution is 5.85. The van der Waals surface area contributed by atoms with Crippen molar-refractivity contribution in [2.75, 3.05) is 13.1 Å². The SMILES string of the molecule is CCC1(C(=O)N2CCC(C(C)N)C2)CCCC1.Cl. The van der Waals surface area contributed by atoms with Crippen molar-refractivity contribution in [1.82, 2.24) is 4.90 Å². The van der Waals surface area contributed by atoms with Crippen LogP contribution in [0.15, 0.2) is 0 Å². The summed E-state index contributed by atoms with van der Waals surface area (Å²) in [4.78, 5) is 14.7.